The normalized spacial score (nSPS) is 10.3. The molecule has 0 bridgehead atoms. The predicted octanol–water partition coefficient (Wildman–Crippen LogP) is 4.11. The number of nitriles is 1. The molecule has 0 spiro atoms. The van der Waals surface area contributed by atoms with Gasteiger partial charge in [-0.2, -0.15) is 5.26 Å². The van der Waals surface area contributed by atoms with Crippen molar-refractivity contribution in [1.29, 1.82) is 5.26 Å². The van der Waals surface area contributed by atoms with Crippen molar-refractivity contribution in [3.63, 3.8) is 0 Å². The molecule has 0 saturated heterocycles. The standard InChI is InChI=1S/C15H14ClN3O/c1-10(2)13-14(16)18-9-19-15(13)20-12-5-3-11(4-6-12)7-8-17/h3-6,9-10H,7H2,1-2H3. The Morgan fingerprint density at radius 2 is 1.95 bits per heavy atom. The van der Waals surface area contributed by atoms with Crippen molar-refractivity contribution >= 4 is 11.6 Å². The quantitative estimate of drug-likeness (QED) is 0.794. The number of nitrogens with zero attached hydrogens (tertiary/aromatic N) is 3. The Kier molecular flexibility index (Phi) is 4.54. The lowest BCUT2D eigenvalue weighted by atomic mass is 10.1. The van der Waals surface area contributed by atoms with Gasteiger partial charge in [0, 0.05) is 0 Å². The molecular weight excluding hydrogens is 274 g/mol. The van der Waals surface area contributed by atoms with E-state index in [0.29, 0.717) is 23.2 Å². The molecule has 5 heteroatoms. The van der Waals surface area contributed by atoms with E-state index in [1.165, 1.54) is 6.33 Å². The van der Waals surface area contributed by atoms with Gasteiger partial charge in [-0.1, -0.05) is 37.6 Å². The van der Waals surface area contributed by atoms with Gasteiger partial charge < -0.3 is 4.74 Å². The van der Waals surface area contributed by atoms with Gasteiger partial charge in [-0.25, -0.2) is 9.97 Å². The van der Waals surface area contributed by atoms with Crippen LogP contribution in [-0.4, -0.2) is 9.97 Å². The largest absolute Gasteiger partial charge is 0.439 e. The van der Waals surface area contributed by atoms with Crippen molar-refractivity contribution in [1.82, 2.24) is 9.97 Å². The molecule has 20 heavy (non-hydrogen) atoms. The van der Waals surface area contributed by atoms with Crippen molar-refractivity contribution in [2.24, 2.45) is 0 Å². The number of rotatable bonds is 4. The zero-order chi connectivity index (χ0) is 14.5. The summed E-state index contributed by atoms with van der Waals surface area (Å²) < 4.78 is 5.77. The van der Waals surface area contributed by atoms with E-state index in [1.54, 1.807) is 0 Å². The SMILES string of the molecule is CC(C)c1c(Cl)ncnc1Oc1ccc(CC#N)cc1. The first-order valence-electron chi connectivity index (χ1n) is 6.26. The van der Waals surface area contributed by atoms with Crippen molar-refractivity contribution in [3.8, 4) is 17.7 Å². The molecular formula is C15H14ClN3O. The van der Waals surface area contributed by atoms with Gasteiger partial charge in [0.2, 0.25) is 5.88 Å². The molecule has 0 N–H and O–H groups in total. The topological polar surface area (TPSA) is 58.8 Å². The Morgan fingerprint density at radius 1 is 1.25 bits per heavy atom. The first-order chi connectivity index (χ1) is 9.61. The minimum absolute atomic E-state index is 0.163. The lowest BCUT2D eigenvalue weighted by Crippen LogP contribution is -1.99. The van der Waals surface area contributed by atoms with Crippen LogP contribution in [0.1, 0.15) is 30.9 Å². The third-order valence-electron chi connectivity index (χ3n) is 2.80. The number of aromatic nitrogens is 2. The summed E-state index contributed by atoms with van der Waals surface area (Å²) in [6, 6.07) is 9.45. The van der Waals surface area contributed by atoms with Crippen LogP contribution in [0, 0.1) is 11.3 Å². The van der Waals surface area contributed by atoms with Crippen LogP contribution in [0.25, 0.3) is 0 Å². The molecule has 0 fully saturated rings. The fourth-order valence-electron chi connectivity index (χ4n) is 1.80. The number of hydrogen-bond donors (Lipinski definition) is 0. The van der Waals surface area contributed by atoms with Crippen molar-refractivity contribution < 1.29 is 4.74 Å². The first kappa shape index (κ1) is 14.3. The lowest BCUT2D eigenvalue weighted by Gasteiger charge is -2.13. The highest BCUT2D eigenvalue weighted by atomic mass is 35.5. The van der Waals surface area contributed by atoms with E-state index in [9.17, 15) is 0 Å². The molecule has 2 aromatic rings. The van der Waals surface area contributed by atoms with Crippen LogP contribution < -0.4 is 4.74 Å². The highest BCUT2D eigenvalue weighted by Crippen LogP contribution is 2.32. The number of ether oxygens (including phenoxy) is 1. The Labute approximate surface area is 123 Å². The van der Waals surface area contributed by atoms with Gasteiger partial charge in [0.25, 0.3) is 0 Å². The van der Waals surface area contributed by atoms with Crippen LogP contribution in [0.4, 0.5) is 0 Å². The monoisotopic (exact) mass is 287 g/mol. The minimum Gasteiger partial charge on any atom is -0.439 e. The second-order valence-corrected chi connectivity index (χ2v) is 4.98. The average molecular weight is 288 g/mol. The van der Waals surface area contributed by atoms with E-state index >= 15 is 0 Å². The van der Waals surface area contributed by atoms with Gasteiger partial charge >= 0.3 is 0 Å². The molecule has 0 unspecified atom stereocenters. The lowest BCUT2D eigenvalue weighted by molar-refractivity contribution is 0.451. The van der Waals surface area contributed by atoms with Gasteiger partial charge in [0.05, 0.1) is 18.1 Å². The van der Waals surface area contributed by atoms with Crippen LogP contribution in [0.3, 0.4) is 0 Å². The zero-order valence-electron chi connectivity index (χ0n) is 11.3. The molecule has 2 rings (SSSR count). The molecule has 102 valence electrons. The van der Waals surface area contributed by atoms with E-state index in [4.69, 9.17) is 21.6 Å². The summed E-state index contributed by atoms with van der Waals surface area (Å²) in [6.45, 7) is 4.01. The summed E-state index contributed by atoms with van der Waals surface area (Å²) in [7, 11) is 0. The molecule has 1 aromatic carbocycles. The maximum Gasteiger partial charge on any atom is 0.227 e. The Bertz CT molecular complexity index is 633. The van der Waals surface area contributed by atoms with Gasteiger partial charge in [-0.05, 0) is 23.6 Å². The molecule has 0 atom stereocenters. The number of halogens is 1. The highest BCUT2D eigenvalue weighted by molar-refractivity contribution is 6.30. The highest BCUT2D eigenvalue weighted by Gasteiger charge is 2.15. The number of benzene rings is 1. The van der Waals surface area contributed by atoms with E-state index in [-0.39, 0.29) is 5.92 Å². The Balaban J connectivity index is 2.26. The molecule has 1 heterocycles. The van der Waals surface area contributed by atoms with Gasteiger partial charge in [-0.15, -0.1) is 0 Å². The zero-order valence-corrected chi connectivity index (χ0v) is 12.1. The average Bonchev–Trinajstić information content (AvgIpc) is 2.41. The molecule has 0 aliphatic carbocycles. The van der Waals surface area contributed by atoms with Crippen molar-refractivity contribution in [2.45, 2.75) is 26.2 Å². The fraction of sp³-hybridized carbons (Fsp3) is 0.267. The summed E-state index contributed by atoms with van der Waals surface area (Å²) in [5.41, 5.74) is 1.74. The molecule has 0 amide bonds. The molecule has 0 radical (unpaired) electrons. The molecule has 4 nitrogen and oxygen atoms in total. The van der Waals surface area contributed by atoms with E-state index in [2.05, 4.69) is 16.0 Å². The molecule has 0 aliphatic rings. The molecule has 1 aromatic heterocycles. The van der Waals surface area contributed by atoms with E-state index in [1.807, 2.05) is 38.1 Å². The smallest absolute Gasteiger partial charge is 0.227 e. The van der Waals surface area contributed by atoms with Gasteiger partial charge in [-0.3, -0.25) is 0 Å². The Hall–Kier alpha value is -2.12. The predicted molar refractivity (Wildman–Crippen MR) is 77.0 cm³/mol. The van der Waals surface area contributed by atoms with Gasteiger partial charge in [0.15, 0.2) is 0 Å². The summed E-state index contributed by atoms with van der Waals surface area (Å²) >= 11 is 6.09. The maximum absolute atomic E-state index is 8.64. The minimum atomic E-state index is 0.163. The van der Waals surface area contributed by atoms with Crippen LogP contribution in [0.15, 0.2) is 30.6 Å². The molecule has 0 saturated carbocycles. The van der Waals surface area contributed by atoms with Crippen LogP contribution in [0.2, 0.25) is 5.15 Å². The van der Waals surface area contributed by atoms with Crippen molar-refractivity contribution in [3.05, 3.63) is 46.9 Å². The van der Waals surface area contributed by atoms with E-state index in [0.717, 1.165) is 11.1 Å². The fourth-order valence-corrected chi connectivity index (χ4v) is 2.15. The first-order valence-corrected chi connectivity index (χ1v) is 6.63. The number of hydrogen-bond acceptors (Lipinski definition) is 4. The summed E-state index contributed by atoms with van der Waals surface area (Å²) in [6.07, 6.45) is 1.77. The Morgan fingerprint density at radius 3 is 2.55 bits per heavy atom. The third kappa shape index (κ3) is 3.25. The van der Waals surface area contributed by atoms with Crippen LogP contribution in [0.5, 0.6) is 11.6 Å². The maximum atomic E-state index is 8.64. The second kappa shape index (κ2) is 6.36. The summed E-state index contributed by atoms with van der Waals surface area (Å²) in [4.78, 5) is 8.12. The van der Waals surface area contributed by atoms with Crippen LogP contribution >= 0.6 is 11.6 Å². The van der Waals surface area contributed by atoms with Crippen molar-refractivity contribution in [2.75, 3.05) is 0 Å². The second-order valence-electron chi connectivity index (χ2n) is 4.62. The summed E-state index contributed by atoms with van der Waals surface area (Å²) in [5, 5.41) is 9.05. The molecule has 0 aliphatic heterocycles. The third-order valence-corrected chi connectivity index (χ3v) is 3.10. The summed E-state index contributed by atoms with van der Waals surface area (Å²) in [5.74, 6) is 1.29. The van der Waals surface area contributed by atoms with Crippen LogP contribution in [-0.2, 0) is 6.42 Å². The van der Waals surface area contributed by atoms with E-state index < -0.39 is 0 Å². The van der Waals surface area contributed by atoms with Gasteiger partial charge in [0.1, 0.15) is 17.2 Å².